The first-order valence-corrected chi connectivity index (χ1v) is 19.9. The fourth-order valence-electron chi connectivity index (χ4n) is 8.82. The van der Waals surface area contributed by atoms with Crippen molar-refractivity contribution in [1.29, 1.82) is 0 Å². The number of hydrogen-bond acceptors (Lipinski definition) is 4. The van der Waals surface area contributed by atoms with Gasteiger partial charge in [-0.3, -0.25) is 0 Å². The zero-order valence-corrected chi connectivity index (χ0v) is 31.8. The molecule has 0 bridgehead atoms. The van der Waals surface area contributed by atoms with Gasteiger partial charge in [0.1, 0.15) is 11.2 Å². The summed E-state index contributed by atoms with van der Waals surface area (Å²) in [6, 6.07) is 70.6. The van der Waals surface area contributed by atoms with Gasteiger partial charge in [0.15, 0.2) is 17.5 Å². The molecule has 0 saturated heterocycles. The van der Waals surface area contributed by atoms with E-state index < -0.39 is 0 Å². The fourth-order valence-corrected chi connectivity index (χ4v) is 8.82. The molecule has 0 aliphatic rings. The second-order valence-corrected chi connectivity index (χ2v) is 15.2. The summed E-state index contributed by atoms with van der Waals surface area (Å²) in [5.74, 6) is 1.75. The average molecular weight is 752 g/mol. The first-order valence-electron chi connectivity index (χ1n) is 19.9. The van der Waals surface area contributed by atoms with Crippen LogP contribution in [0.2, 0.25) is 0 Å². The highest BCUT2D eigenvalue weighted by atomic mass is 16.3. The molecule has 12 rings (SSSR count). The molecule has 0 aliphatic heterocycles. The number of hydrogen-bond donors (Lipinski definition) is 0. The normalized spacial score (nSPS) is 11.7. The van der Waals surface area contributed by atoms with Crippen LogP contribution in [0.15, 0.2) is 205 Å². The lowest BCUT2D eigenvalue weighted by molar-refractivity contribution is 0.669. The number of benzene rings is 10. The van der Waals surface area contributed by atoms with Crippen LogP contribution in [0.4, 0.5) is 0 Å². The summed E-state index contributed by atoms with van der Waals surface area (Å²) in [5, 5.41) is 11.7. The molecule has 0 atom stereocenters. The Balaban J connectivity index is 1.04. The van der Waals surface area contributed by atoms with Gasteiger partial charge in [-0.15, -0.1) is 0 Å². The van der Waals surface area contributed by atoms with E-state index in [1.165, 1.54) is 54.4 Å². The van der Waals surface area contributed by atoms with E-state index in [2.05, 4.69) is 176 Å². The Morgan fingerprint density at radius 1 is 0.288 bits per heavy atom. The third-order valence-corrected chi connectivity index (χ3v) is 11.7. The number of nitrogens with zero attached hydrogens (tertiary/aromatic N) is 3. The van der Waals surface area contributed by atoms with Crippen molar-refractivity contribution >= 4 is 65.0 Å². The van der Waals surface area contributed by atoms with Crippen LogP contribution in [0.1, 0.15) is 0 Å². The summed E-state index contributed by atoms with van der Waals surface area (Å²) in [5.41, 5.74) is 8.91. The topological polar surface area (TPSA) is 51.8 Å². The standard InChI is InChI=1S/C55H33N3O/c1-2-11-34(12-3-1)37-27-29-43-39(31-37)25-26-40-33-42(28-30-44(40)43)54-56-53(57-55(58-54)49-21-10-20-48-47-18-6-7-22-50(47)59-52(48)49)41-16-8-15-38(32-41)46-19-9-14-36-24-23-35-13-4-5-17-45(35)51(36)46/h1-33H. The number of fused-ring (bicyclic) bond motifs is 9. The first kappa shape index (κ1) is 33.2. The molecule has 2 heterocycles. The van der Waals surface area contributed by atoms with Crippen LogP contribution in [0.3, 0.4) is 0 Å². The van der Waals surface area contributed by atoms with Crippen molar-refractivity contribution in [3.8, 4) is 56.4 Å². The number of aromatic nitrogens is 3. The van der Waals surface area contributed by atoms with E-state index in [1.807, 2.05) is 24.3 Å². The van der Waals surface area contributed by atoms with Gasteiger partial charge in [0, 0.05) is 21.9 Å². The van der Waals surface area contributed by atoms with Gasteiger partial charge in [-0.2, -0.15) is 0 Å². The molecule has 0 radical (unpaired) electrons. The van der Waals surface area contributed by atoms with Crippen molar-refractivity contribution in [2.45, 2.75) is 0 Å². The van der Waals surface area contributed by atoms with Gasteiger partial charge in [0.05, 0.1) is 5.56 Å². The predicted molar refractivity (Wildman–Crippen MR) is 244 cm³/mol. The molecule has 4 nitrogen and oxygen atoms in total. The molecule has 0 aliphatic carbocycles. The van der Waals surface area contributed by atoms with Gasteiger partial charge in [-0.1, -0.05) is 170 Å². The van der Waals surface area contributed by atoms with E-state index in [4.69, 9.17) is 19.4 Å². The molecule has 0 saturated carbocycles. The smallest absolute Gasteiger partial charge is 0.167 e. The number of furan rings is 1. The third kappa shape index (κ3) is 5.57. The molecule has 0 fully saturated rings. The maximum Gasteiger partial charge on any atom is 0.167 e. The Hall–Kier alpha value is -7.95. The Morgan fingerprint density at radius 3 is 1.69 bits per heavy atom. The molecule has 4 heteroatoms. The fraction of sp³-hybridized carbons (Fsp3) is 0. The van der Waals surface area contributed by atoms with E-state index in [0.717, 1.165) is 49.6 Å². The van der Waals surface area contributed by atoms with Crippen LogP contribution >= 0.6 is 0 Å². The third-order valence-electron chi connectivity index (χ3n) is 11.7. The lowest BCUT2D eigenvalue weighted by atomic mass is 9.93. The summed E-state index contributed by atoms with van der Waals surface area (Å²) in [4.78, 5) is 15.7. The van der Waals surface area contributed by atoms with Gasteiger partial charge >= 0.3 is 0 Å². The Bertz CT molecular complexity index is 3620. The van der Waals surface area contributed by atoms with E-state index in [9.17, 15) is 0 Å². The Kier molecular flexibility index (Phi) is 7.50. The second kappa shape index (κ2) is 13.3. The molecule has 0 unspecified atom stereocenters. The quantitative estimate of drug-likeness (QED) is 0.164. The summed E-state index contributed by atoms with van der Waals surface area (Å²) in [6.07, 6.45) is 0. The minimum atomic E-state index is 0.559. The predicted octanol–water partition coefficient (Wildman–Crippen LogP) is 14.7. The molecule has 12 aromatic rings. The summed E-state index contributed by atoms with van der Waals surface area (Å²) in [7, 11) is 0. The SMILES string of the molecule is c1ccc(-c2ccc3c(ccc4cc(-c5nc(-c6cccc(-c7cccc8ccc9ccccc9c78)c6)nc(-c6cccc7c6oc6ccccc67)n5)ccc43)c2)cc1. The average Bonchev–Trinajstić information content (AvgIpc) is 3.70. The lowest BCUT2D eigenvalue weighted by Gasteiger charge is -2.13. The van der Waals surface area contributed by atoms with Crippen LogP contribution in [0.25, 0.3) is 121 Å². The minimum absolute atomic E-state index is 0.559. The van der Waals surface area contributed by atoms with Crippen LogP contribution in [0.5, 0.6) is 0 Å². The zero-order chi connectivity index (χ0) is 38.9. The maximum absolute atomic E-state index is 6.52. The van der Waals surface area contributed by atoms with Crippen molar-refractivity contribution < 1.29 is 4.42 Å². The van der Waals surface area contributed by atoms with E-state index in [1.54, 1.807) is 0 Å². The van der Waals surface area contributed by atoms with Crippen molar-refractivity contribution in [3.63, 3.8) is 0 Å². The molecule has 274 valence electrons. The van der Waals surface area contributed by atoms with Crippen molar-refractivity contribution in [3.05, 3.63) is 200 Å². The second-order valence-electron chi connectivity index (χ2n) is 15.2. The first-order chi connectivity index (χ1) is 29.2. The molecular formula is C55H33N3O. The summed E-state index contributed by atoms with van der Waals surface area (Å²) in [6.45, 7) is 0. The molecule has 10 aromatic carbocycles. The van der Waals surface area contributed by atoms with E-state index >= 15 is 0 Å². The van der Waals surface area contributed by atoms with Crippen LogP contribution in [-0.2, 0) is 0 Å². The molecule has 0 amide bonds. The Morgan fingerprint density at radius 2 is 0.847 bits per heavy atom. The highest BCUT2D eigenvalue weighted by Gasteiger charge is 2.19. The number of rotatable bonds is 5. The van der Waals surface area contributed by atoms with Crippen molar-refractivity contribution in [1.82, 2.24) is 15.0 Å². The van der Waals surface area contributed by atoms with Crippen LogP contribution < -0.4 is 0 Å². The maximum atomic E-state index is 6.52. The van der Waals surface area contributed by atoms with Gasteiger partial charge in [-0.05, 0) is 95.7 Å². The molecule has 2 aromatic heterocycles. The minimum Gasteiger partial charge on any atom is -0.455 e. The molecule has 59 heavy (non-hydrogen) atoms. The number of para-hydroxylation sites is 2. The summed E-state index contributed by atoms with van der Waals surface area (Å²) >= 11 is 0. The molecule has 0 N–H and O–H groups in total. The monoisotopic (exact) mass is 751 g/mol. The van der Waals surface area contributed by atoms with Crippen molar-refractivity contribution in [2.75, 3.05) is 0 Å². The lowest BCUT2D eigenvalue weighted by Crippen LogP contribution is -2.00. The van der Waals surface area contributed by atoms with Gasteiger partial charge in [0.25, 0.3) is 0 Å². The molecule has 0 spiro atoms. The van der Waals surface area contributed by atoms with E-state index in [0.29, 0.717) is 17.5 Å². The van der Waals surface area contributed by atoms with Crippen molar-refractivity contribution in [2.24, 2.45) is 0 Å². The van der Waals surface area contributed by atoms with Gasteiger partial charge < -0.3 is 4.42 Å². The van der Waals surface area contributed by atoms with Gasteiger partial charge in [-0.25, -0.2) is 15.0 Å². The van der Waals surface area contributed by atoms with Crippen LogP contribution in [-0.4, -0.2) is 15.0 Å². The van der Waals surface area contributed by atoms with Crippen LogP contribution in [0, 0.1) is 0 Å². The highest BCUT2D eigenvalue weighted by molar-refractivity contribution is 6.15. The zero-order valence-electron chi connectivity index (χ0n) is 31.8. The Labute approximate surface area is 339 Å². The molecular weight excluding hydrogens is 719 g/mol. The highest BCUT2D eigenvalue weighted by Crippen LogP contribution is 2.39. The van der Waals surface area contributed by atoms with Gasteiger partial charge in [0.2, 0.25) is 0 Å². The largest absolute Gasteiger partial charge is 0.455 e. The van der Waals surface area contributed by atoms with E-state index in [-0.39, 0.29) is 0 Å². The summed E-state index contributed by atoms with van der Waals surface area (Å²) < 4.78 is 6.52.